The number of fused-ring (bicyclic) bond motifs is 1. The highest BCUT2D eigenvalue weighted by Crippen LogP contribution is 2.30. The van der Waals surface area contributed by atoms with Gasteiger partial charge in [0.1, 0.15) is 0 Å². The van der Waals surface area contributed by atoms with Crippen molar-refractivity contribution in [2.45, 2.75) is 58.5 Å². The van der Waals surface area contributed by atoms with E-state index in [0.29, 0.717) is 24.3 Å². The van der Waals surface area contributed by atoms with Crippen LogP contribution in [0.4, 0.5) is 0 Å². The lowest BCUT2D eigenvalue weighted by Crippen LogP contribution is -2.43. The van der Waals surface area contributed by atoms with E-state index in [9.17, 15) is 4.79 Å². The Labute approximate surface area is 184 Å². The number of amides is 1. The largest absolute Gasteiger partial charge is 0.353 e. The molecule has 3 atom stereocenters. The molecule has 0 saturated heterocycles. The van der Waals surface area contributed by atoms with E-state index in [1.165, 1.54) is 29.3 Å². The van der Waals surface area contributed by atoms with Crippen molar-refractivity contribution < 1.29 is 4.79 Å². The molecule has 30 heavy (non-hydrogen) atoms. The Kier molecular flexibility index (Phi) is 6.48. The van der Waals surface area contributed by atoms with E-state index in [2.05, 4.69) is 60.3 Å². The molecule has 1 N–H and O–H groups in total. The summed E-state index contributed by atoms with van der Waals surface area (Å²) in [6, 6.07) is 16.7. The standard InChI is InChI=1S/C26H31ClN2O/c1-18-8-7-12-24(19(18)2)28-26(30)15-14-20-16-29(25-13-6-4-10-22(20)25)17-21-9-3-5-11-23(21)27/h3-6,9-11,13,16,18-19,24H,7-8,12,14-15,17H2,1-2H3,(H,28,30)/t18-,19-,24-/m1/s1. The van der Waals surface area contributed by atoms with Crippen molar-refractivity contribution in [3.05, 3.63) is 70.9 Å². The Bertz CT molecular complexity index is 1020. The average Bonchev–Trinajstić information content (AvgIpc) is 3.09. The van der Waals surface area contributed by atoms with Gasteiger partial charge in [0.2, 0.25) is 5.91 Å². The van der Waals surface area contributed by atoms with Crippen molar-refractivity contribution >= 4 is 28.4 Å². The van der Waals surface area contributed by atoms with Gasteiger partial charge in [0, 0.05) is 41.1 Å². The van der Waals surface area contributed by atoms with Gasteiger partial charge in [-0.2, -0.15) is 0 Å². The third-order valence-corrected chi connectivity index (χ3v) is 7.21. The van der Waals surface area contributed by atoms with Crippen LogP contribution >= 0.6 is 11.6 Å². The number of rotatable bonds is 6. The molecule has 1 saturated carbocycles. The summed E-state index contributed by atoms with van der Waals surface area (Å²) in [4.78, 5) is 12.7. The van der Waals surface area contributed by atoms with E-state index in [-0.39, 0.29) is 5.91 Å². The van der Waals surface area contributed by atoms with E-state index in [0.717, 1.165) is 30.0 Å². The van der Waals surface area contributed by atoms with Crippen LogP contribution in [0.1, 0.15) is 50.7 Å². The number of nitrogens with zero attached hydrogens (tertiary/aromatic N) is 1. The first-order valence-electron chi connectivity index (χ1n) is 11.1. The summed E-state index contributed by atoms with van der Waals surface area (Å²) in [7, 11) is 0. The molecule has 2 aromatic carbocycles. The van der Waals surface area contributed by atoms with Crippen molar-refractivity contribution in [2.75, 3.05) is 0 Å². The van der Waals surface area contributed by atoms with Crippen molar-refractivity contribution in [3.63, 3.8) is 0 Å². The molecule has 3 nitrogen and oxygen atoms in total. The summed E-state index contributed by atoms with van der Waals surface area (Å²) in [5, 5.41) is 5.31. The zero-order valence-electron chi connectivity index (χ0n) is 17.9. The van der Waals surface area contributed by atoms with Crippen LogP contribution in [0, 0.1) is 11.8 Å². The molecule has 1 fully saturated rings. The van der Waals surface area contributed by atoms with Gasteiger partial charge in [-0.25, -0.2) is 0 Å². The zero-order chi connectivity index (χ0) is 21.1. The van der Waals surface area contributed by atoms with Gasteiger partial charge < -0.3 is 9.88 Å². The highest BCUT2D eigenvalue weighted by atomic mass is 35.5. The van der Waals surface area contributed by atoms with Gasteiger partial charge in [-0.15, -0.1) is 0 Å². The molecule has 0 spiro atoms. The maximum Gasteiger partial charge on any atom is 0.220 e. The summed E-state index contributed by atoms with van der Waals surface area (Å²) in [5.41, 5.74) is 3.50. The molecule has 158 valence electrons. The second-order valence-electron chi connectivity index (χ2n) is 8.83. The van der Waals surface area contributed by atoms with Crippen LogP contribution in [-0.2, 0) is 17.8 Å². The lowest BCUT2D eigenvalue weighted by atomic mass is 9.78. The Balaban J connectivity index is 1.47. The number of benzene rings is 2. The first-order valence-corrected chi connectivity index (χ1v) is 11.5. The van der Waals surface area contributed by atoms with Crippen LogP contribution in [-0.4, -0.2) is 16.5 Å². The maximum atomic E-state index is 12.7. The first-order chi connectivity index (χ1) is 14.5. The number of hydrogen-bond acceptors (Lipinski definition) is 1. The summed E-state index contributed by atoms with van der Waals surface area (Å²) in [6.45, 7) is 5.30. The molecule has 1 aliphatic carbocycles. The van der Waals surface area contributed by atoms with Crippen molar-refractivity contribution in [1.29, 1.82) is 0 Å². The summed E-state index contributed by atoms with van der Waals surface area (Å²) in [5.74, 6) is 1.41. The minimum absolute atomic E-state index is 0.170. The van der Waals surface area contributed by atoms with Gasteiger partial charge in [-0.1, -0.05) is 74.7 Å². The van der Waals surface area contributed by atoms with Crippen LogP contribution in [0.25, 0.3) is 10.9 Å². The van der Waals surface area contributed by atoms with Gasteiger partial charge >= 0.3 is 0 Å². The Hall–Kier alpha value is -2.26. The quantitative estimate of drug-likeness (QED) is 0.502. The molecule has 0 bridgehead atoms. The Morgan fingerprint density at radius 2 is 1.83 bits per heavy atom. The van der Waals surface area contributed by atoms with Crippen molar-refractivity contribution in [3.8, 4) is 0 Å². The molecule has 0 unspecified atom stereocenters. The van der Waals surface area contributed by atoms with Crippen LogP contribution in [0.3, 0.4) is 0 Å². The number of aromatic nitrogens is 1. The molecule has 3 aromatic rings. The smallest absolute Gasteiger partial charge is 0.220 e. The van der Waals surface area contributed by atoms with Crippen molar-refractivity contribution in [2.24, 2.45) is 11.8 Å². The predicted molar refractivity (Wildman–Crippen MR) is 125 cm³/mol. The average molecular weight is 423 g/mol. The number of halogens is 1. The van der Waals surface area contributed by atoms with Gasteiger partial charge in [0.15, 0.2) is 0 Å². The van der Waals surface area contributed by atoms with Crippen LogP contribution in [0.5, 0.6) is 0 Å². The molecule has 1 aliphatic rings. The summed E-state index contributed by atoms with van der Waals surface area (Å²) < 4.78 is 2.24. The van der Waals surface area contributed by atoms with Gasteiger partial charge in [0.25, 0.3) is 0 Å². The minimum Gasteiger partial charge on any atom is -0.353 e. The highest BCUT2D eigenvalue weighted by molar-refractivity contribution is 6.31. The van der Waals surface area contributed by atoms with Crippen LogP contribution in [0.2, 0.25) is 5.02 Å². The second kappa shape index (κ2) is 9.26. The summed E-state index contributed by atoms with van der Waals surface area (Å²) >= 11 is 6.38. The van der Waals surface area contributed by atoms with Crippen LogP contribution < -0.4 is 5.32 Å². The highest BCUT2D eigenvalue weighted by Gasteiger charge is 2.28. The normalized spacial score (nSPS) is 21.6. The lowest BCUT2D eigenvalue weighted by Gasteiger charge is -2.34. The van der Waals surface area contributed by atoms with Gasteiger partial charge in [-0.3, -0.25) is 4.79 Å². The van der Waals surface area contributed by atoms with Crippen molar-refractivity contribution in [1.82, 2.24) is 9.88 Å². The number of carbonyl (C=O) groups is 1. The third kappa shape index (κ3) is 4.57. The fourth-order valence-electron chi connectivity index (χ4n) is 4.78. The Morgan fingerprint density at radius 3 is 2.67 bits per heavy atom. The molecule has 1 heterocycles. The van der Waals surface area contributed by atoms with E-state index in [1.807, 2.05) is 18.2 Å². The summed E-state index contributed by atoms with van der Waals surface area (Å²) in [6.07, 6.45) is 7.06. The molecular weight excluding hydrogens is 392 g/mol. The van der Waals surface area contributed by atoms with Gasteiger partial charge in [0.05, 0.1) is 0 Å². The zero-order valence-corrected chi connectivity index (χ0v) is 18.7. The Morgan fingerprint density at radius 1 is 1.07 bits per heavy atom. The predicted octanol–water partition coefficient (Wildman–Crippen LogP) is 6.22. The third-order valence-electron chi connectivity index (χ3n) is 6.84. The molecule has 1 amide bonds. The number of nitrogens with one attached hydrogen (secondary N) is 1. The number of aryl methyl sites for hydroxylation is 1. The topological polar surface area (TPSA) is 34.0 Å². The SMILES string of the molecule is C[C@@H]1[C@H](C)CCC[C@H]1NC(=O)CCc1cn(Cc2ccccc2Cl)c2ccccc12. The van der Waals surface area contributed by atoms with E-state index in [1.54, 1.807) is 0 Å². The molecule has 0 radical (unpaired) electrons. The minimum atomic E-state index is 0.170. The molecule has 4 rings (SSSR count). The van der Waals surface area contributed by atoms with E-state index < -0.39 is 0 Å². The van der Waals surface area contributed by atoms with Crippen LogP contribution in [0.15, 0.2) is 54.7 Å². The number of hydrogen-bond donors (Lipinski definition) is 1. The number of carbonyl (C=O) groups excluding carboxylic acids is 1. The molecule has 4 heteroatoms. The van der Waals surface area contributed by atoms with E-state index >= 15 is 0 Å². The first kappa shape index (κ1) is 21.0. The maximum absolute atomic E-state index is 12.7. The second-order valence-corrected chi connectivity index (χ2v) is 9.24. The lowest BCUT2D eigenvalue weighted by molar-refractivity contribution is -0.122. The fraction of sp³-hybridized carbons (Fsp3) is 0.423. The van der Waals surface area contributed by atoms with Gasteiger partial charge in [-0.05, 0) is 47.9 Å². The fourth-order valence-corrected chi connectivity index (χ4v) is 4.97. The molecule has 1 aromatic heterocycles. The molecule has 0 aliphatic heterocycles. The monoisotopic (exact) mass is 422 g/mol. The number of para-hydroxylation sites is 1. The van der Waals surface area contributed by atoms with E-state index in [4.69, 9.17) is 11.6 Å². The molecular formula is C26H31ClN2O.